The molecule has 1 aromatic carbocycles. The van der Waals surface area contributed by atoms with Crippen molar-refractivity contribution in [2.24, 2.45) is 0 Å². The molecule has 0 unspecified atom stereocenters. The Morgan fingerprint density at radius 2 is 1.89 bits per heavy atom. The molecule has 0 amide bonds. The smallest absolute Gasteiger partial charge is 0.335 e. The lowest BCUT2D eigenvalue weighted by Crippen LogP contribution is -2.47. The first-order valence-corrected chi connectivity index (χ1v) is 13.2. The molecule has 1 aliphatic heterocycles. The van der Waals surface area contributed by atoms with E-state index in [0.29, 0.717) is 73.0 Å². The van der Waals surface area contributed by atoms with Gasteiger partial charge in [-0.2, -0.15) is 4.31 Å². The quantitative estimate of drug-likeness (QED) is 0.412. The third kappa shape index (κ3) is 4.01. The van der Waals surface area contributed by atoms with Crippen LogP contribution in [0.25, 0.3) is 27.9 Å². The van der Waals surface area contributed by atoms with Gasteiger partial charge in [-0.3, -0.25) is 4.57 Å². The summed E-state index contributed by atoms with van der Waals surface area (Å²) >= 11 is 0. The molecule has 3 aromatic heterocycles. The normalized spacial score (nSPS) is 15.9. The van der Waals surface area contributed by atoms with Crippen molar-refractivity contribution >= 4 is 26.7 Å². The minimum absolute atomic E-state index is 0.206. The molecule has 4 heterocycles. The van der Waals surface area contributed by atoms with E-state index in [9.17, 15) is 13.2 Å². The molecule has 0 atom stereocenters. The van der Waals surface area contributed by atoms with Gasteiger partial charge in [0.25, 0.3) is 0 Å². The fourth-order valence-corrected chi connectivity index (χ4v) is 5.98. The first kappa shape index (κ1) is 23.5. The first-order valence-electron chi connectivity index (χ1n) is 11.8. The Morgan fingerprint density at radius 1 is 1.11 bits per heavy atom. The van der Waals surface area contributed by atoms with Crippen molar-refractivity contribution in [1.29, 1.82) is 0 Å². The number of hydrogen-bond donors (Lipinski definition) is 1. The Hall–Kier alpha value is -3.22. The van der Waals surface area contributed by atoms with Gasteiger partial charge in [0, 0.05) is 38.3 Å². The zero-order chi connectivity index (χ0) is 24.7. The van der Waals surface area contributed by atoms with Crippen molar-refractivity contribution in [2.45, 2.75) is 31.7 Å². The molecule has 4 aromatic rings. The molecule has 1 N–H and O–H groups in total. The third-order valence-corrected chi connectivity index (χ3v) is 8.28. The predicted molar refractivity (Wildman–Crippen MR) is 132 cm³/mol. The second kappa shape index (κ2) is 9.10. The molecule has 1 aliphatic rings. The molecule has 5 rings (SSSR count). The van der Waals surface area contributed by atoms with E-state index in [-0.39, 0.29) is 10.6 Å². The van der Waals surface area contributed by atoms with Crippen LogP contribution >= 0.6 is 0 Å². The zero-order valence-corrected chi connectivity index (χ0v) is 20.9. The number of hydrogen-bond acceptors (Lipinski definition) is 7. The van der Waals surface area contributed by atoms with Crippen LogP contribution in [0.5, 0.6) is 5.75 Å². The van der Waals surface area contributed by atoms with Crippen LogP contribution in [-0.2, 0) is 16.6 Å². The third-order valence-electron chi connectivity index (χ3n) is 6.38. The lowest BCUT2D eigenvalue weighted by molar-refractivity contribution is 0.222. The van der Waals surface area contributed by atoms with Crippen LogP contribution in [0.2, 0.25) is 0 Å². The number of aryl methyl sites for hydroxylation is 1. The van der Waals surface area contributed by atoms with Gasteiger partial charge in [-0.15, -0.1) is 10.2 Å². The molecule has 0 bridgehead atoms. The lowest BCUT2D eigenvalue weighted by atomic mass is 10.1. The predicted octanol–water partition coefficient (Wildman–Crippen LogP) is 1.78. The summed E-state index contributed by atoms with van der Waals surface area (Å²) in [4.78, 5) is 18.7. The summed E-state index contributed by atoms with van der Waals surface area (Å²) in [5, 5.41) is 8.04. The number of sulfonamides is 1. The summed E-state index contributed by atoms with van der Waals surface area (Å²) in [6.45, 7) is 7.10. The standard InChI is InChI=1S/C23H29N7O4S/c1-4-8-29-19-14-18(25-21(19)22-26-24-15-30(22)23(29)31)17-13-16(6-7-20(17)34-5-2)35(32,33)28-11-9-27(3)10-12-28/h6-7,13-15,25H,4-5,8-12H2,1-3H3. The molecular weight excluding hydrogens is 470 g/mol. The first-order chi connectivity index (χ1) is 16.8. The number of nitrogens with one attached hydrogen (secondary N) is 1. The summed E-state index contributed by atoms with van der Waals surface area (Å²) in [5.41, 5.74) is 2.78. The Balaban J connectivity index is 1.68. The number of aromatic amines is 1. The molecule has 0 saturated carbocycles. The second-order valence-corrected chi connectivity index (χ2v) is 10.6. The van der Waals surface area contributed by atoms with E-state index in [0.717, 1.165) is 6.42 Å². The minimum Gasteiger partial charge on any atom is -0.493 e. The van der Waals surface area contributed by atoms with Crippen molar-refractivity contribution in [3.63, 3.8) is 0 Å². The Bertz CT molecular complexity index is 1550. The molecule has 35 heavy (non-hydrogen) atoms. The highest BCUT2D eigenvalue weighted by molar-refractivity contribution is 7.89. The number of nitrogens with zero attached hydrogens (tertiary/aromatic N) is 6. The number of piperazine rings is 1. The van der Waals surface area contributed by atoms with Gasteiger partial charge in [0.2, 0.25) is 10.0 Å². The molecule has 0 radical (unpaired) electrons. The number of H-pyrrole nitrogens is 1. The van der Waals surface area contributed by atoms with Crippen LogP contribution < -0.4 is 10.4 Å². The molecule has 186 valence electrons. The molecule has 1 saturated heterocycles. The number of likely N-dealkylation sites (N-methyl/N-ethyl adjacent to an activating group) is 1. The number of aromatic nitrogens is 5. The molecule has 0 spiro atoms. The Labute approximate surface area is 203 Å². The van der Waals surface area contributed by atoms with Crippen LogP contribution in [0, 0.1) is 0 Å². The van der Waals surface area contributed by atoms with E-state index in [1.165, 1.54) is 15.0 Å². The Morgan fingerprint density at radius 3 is 2.60 bits per heavy atom. The van der Waals surface area contributed by atoms with E-state index in [4.69, 9.17) is 4.74 Å². The summed E-state index contributed by atoms with van der Waals surface area (Å²) in [5.74, 6) is 0.554. The van der Waals surface area contributed by atoms with E-state index < -0.39 is 10.0 Å². The van der Waals surface area contributed by atoms with Gasteiger partial charge in [-0.05, 0) is 44.7 Å². The van der Waals surface area contributed by atoms with Gasteiger partial charge in [0.1, 0.15) is 17.6 Å². The van der Waals surface area contributed by atoms with E-state index >= 15 is 0 Å². The summed E-state index contributed by atoms with van der Waals surface area (Å²) in [6.07, 6.45) is 2.17. The van der Waals surface area contributed by atoms with Crippen LogP contribution in [0.4, 0.5) is 0 Å². The van der Waals surface area contributed by atoms with Gasteiger partial charge < -0.3 is 14.6 Å². The summed E-state index contributed by atoms with van der Waals surface area (Å²) in [6, 6.07) is 6.78. The SMILES string of the molecule is CCCn1c(=O)n2cnnc2c2[nH]c(-c3cc(S(=O)(=O)N4CCN(C)CC4)ccc3OCC)cc21. The number of ether oxygens (including phenoxy) is 1. The highest BCUT2D eigenvalue weighted by atomic mass is 32.2. The summed E-state index contributed by atoms with van der Waals surface area (Å²) in [7, 11) is -1.69. The number of rotatable bonds is 7. The molecule has 12 heteroatoms. The van der Waals surface area contributed by atoms with Gasteiger partial charge in [0.15, 0.2) is 5.65 Å². The van der Waals surface area contributed by atoms with Crippen LogP contribution in [0.15, 0.2) is 40.3 Å². The maximum absolute atomic E-state index is 13.4. The van der Waals surface area contributed by atoms with Gasteiger partial charge in [-0.1, -0.05) is 6.92 Å². The van der Waals surface area contributed by atoms with E-state index in [1.54, 1.807) is 22.8 Å². The highest BCUT2D eigenvalue weighted by Crippen LogP contribution is 2.35. The van der Waals surface area contributed by atoms with Gasteiger partial charge in [-0.25, -0.2) is 17.6 Å². The van der Waals surface area contributed by atoms with Gasteiger partial charge in [0.05, 0.1) is 22.7 Å². The van der Waals surface area contributed by atoms with Crippen LogP contribution in [0.1, 0.15) is 20.3 Å². The molecular formula is C23H29N7O4S. The maximum Gasteiger partial charge on any atom is 0.335 e. The van der Waals surface area contributed by atoms with E-state index in [2.05, 4.69) is 20.1 Å². The van der Waals surface area contributed by atoms with E-state index in [1.807, 2.05) is 27.0 Å². The monoisotopic (exact) mass is 499 g/mol. The largest absolute Gasteiger partial charge is 0.493 e. The fraction of sp³-hybridized carbons (Fsp3) is 0.435. The van der Waals surface area contributed by atoms with Crippen LogP contribution in [-0.4, -0.2) is 81.6 Å². The maximum atomic E-state index is 13.4. The summed E-state index contributed by atoms with van der Waals surface area (Å²) < 4.78 is 37.3. The van der Waals surface area contributed by atoms with Crippen molar-refractivity contribution < 1.29 is 13.2 Å². The lowest BCUT2D eigenvalue weighted by Gasteiger charge is -2.31. The number of fused-ring (bicyclic) bond motifs is 3. The molecule has 11 nitrogen and oxygen atoms in total. The van der Waals surface area contributed by atoms with Crippen LogP contribution in [0.3, 0.4) is 0 Å². The molecule has 0 aliphatic carbocycles. The zero-order valence-electron chi connectivity index (χ0n) is 20.1. The Kier molecular flexibility index (Phi) is 6.11. The van der Waals surface area contributed by atoms with Crippen molar-refractivity contribution in [3.8, 4) is 17.0 Å². The molecule has 1 fully saturated rings. The average Bonchev–Trinajstić information content (AvgIpc) is 3.50. The fourth-order valence-electron chi connectivity index (χ4n) is 4.53. The van der Waals surface area contributed by atoms with Crippen molar-refractivity contribution in [1.82, 2.24) is 33.4 Å². The van der Waals surface area contributed by atoms with Gasteiger partial charge >= 0.3 is 5.69 Å². The topological polar surface area (TPSA) is 118 Å². The van der Waals surface area contributed by atoms with Crippen molar-refractivity contribution in [3.05, 3.63) is 41.1 Å². The average molecular weight is 500 g/mol. The van der Waals surface area contributed by atoms with Crippen molar-refractivity contribution in [2.75, 3.05) is 39.8 Å². The number of benzene rings is 1. The minimum atomic E-state index is -3.67. The second-order valence-electron chi connectivity index (χ2n) is 8.70. The highest BCUT2D eigenvalue weighted by Gasteiger charge is 2.28.